The molecule has 1 N–H and O–H groups in total. The molecule has 2 heterocycles. The summed E-state index contributed by atoms with van der Waals surface area (Å²) in [6, 6.07) is 3.46. The van der Waals surface area contributed by atoms with E-state index in [1.807, 2.05) is 19.1 Å². The summed E-state index contributed by atoms with van der Waals surface area (Å²) in [4.78, 5) is 12.0. The molecule has 1 aromatic rings. The standard InChI is InChI=1S/C13H19NO4/c1-9-5-6-11(18-9)10(8-16-2)14-13(15)12-4-3-7-17-12/h5-6,10,12H,3-4,7-8H2,1-2H3,(H,14,15)/t10-,12-/m0/s1. The zero-order valence-electron chi connectivity index (χ0n) is 10.8. The molecule has 0 aliphatic carbocycles. The summed E-state index contributed by atoms with van der Waals surface area (Å²) in [5, 5.41) is 2.91. The number of carbonyl (C=O) groups is 1. The Labute approximate surface area is 106 Å². The number of methoxy groups -OCH3 is 1. The number of nitrogens with one attached hydrogen (secondary N) is 1. The molecule has 18 heavy (non-hydrogen) atoms. The zero-order valence-corrected chi connectivity index (χ0v) is 10.8. The Kier molecular flexibility index (Phi) is 4.38. The van der Waals surface area contributed by atoms with E-state index < -0.39 is 0 Å². The van der Waals surface area contributed by atoms with Crippen molar-refractivity contribution in [3.63, 3.8) is 0 Å². The van der Waals surface area contributed by atoms with Crippen LogP contribution in [0.3, 0.4) is 0 Å². The first-order valence-corrected chi connectivity index (χ1v) is 6.18. The molecule has 1 aromatic heterocycles. The highest BCUT2D eigenvalue weighted by molar-refractivity contribution is 5.81. The maximum absolute atomic E-state index is 12.0. The lowest BCUT2D eigenvalue weighted by molar-refractivity contribution is -0.131. The molecule has 0 spiro atoms. The summed E-state index contributed by atoms with van der Waals surface area (Å²) >= 11 is 0. The van der Waals surface area contributed by atoms with Gasteiger partial charge in [-0.25, -0.2) is 0 Å². The second kappa shape index (κ2) is 6.02. The molecule has 1 aliphatic rings. The highest BCUT2D eigenvalue weighted by atomic mass is 16.5. The summed E-state index contributed by atoms with van der Waals surface area (Å²) < 4.78 is 16.0. The van der Waals surface area contributed by atoms with Gasteiger partial charge in [-0.15, -0.1) is 0 Å². The van der Waals surface area contributed by atoms with Crippen molar-refractivity contribution in [1.29, 1.82) is 0 Å². The van der Waals surface area contributed by atoms with E-state index in [0.717, 1.165) is 18.6 Å². The van der Waals surface area contributed by atoms with Crippen LogP contribution in [-0.2, 0) is 14.3 Å². The van der Waals surface area contributed by atoms with Gasteiger partial charge in [-0.1, -0.05) is 0 Å². The minimum atomic E-state index is -0.333. The quantitative estimate of drug-likeness (QED) is 0.865. The van der Waals surface area contributed by atoms with Gasteiger partial charge >= 0.3 is 0 Å². The number of carbonyl (C=O) groups excluding carboxylic acids is 1. The van der Waals surface area contributed by atoms with Crippen LogP contribution >= 0.6 is 0 Å². The molecule has 1 fully saturated rings. The summed E-state index contributed by atoms with van der Waals surface area (Å²) in [5.41, 5.74) is 0. The smallest absolute Gasteiger partial charge is 0.249 e. The number of hydrogen-bond acceptors (Lipinski definition) is 4. The first-order valence-electron chi connectivity index (χ1n) is 6.18. The van der Waals surface area contributed by atoms with Crippen molar-refractivity contribution in [2.45, 2.75) is 31.9 Å². The van der Waals surface area contributed by atoms with Gasteiger partial charge in [-0.3, -0.25) is 4.79 Å². The van der Waals surface area contributed by atoms with Crippen LogP contribution in [0.2, 0.25) is 0 Å². The average molecular weight is 253 g/mol. The maximum atomic E-state index is 12.0. The third kappa shape index (κ3) is 3.11. The van der Waals surface area contributed by atoms with E-state index >= 15 is 0 Å². The third-order valence-electron chi connectivity index (χ3n) is 2.98. The van der Waals surface area contributed by atoms with Crippen LogP contribution in [0.4, 0.5) is 0 Å². The summed E-state index contributed by atoms with van der Waals surface area (Å²) in [6.45, 7) is 2.91. The molecule has 100 valence electrons. The summed E-state index contributed by atoms with van der Waals surface area (Å²) in [6.07, 6.45) is 1.38. The molecule has 2 atom stereocenters. The van der Waals surface area contributed by atoms with Gasteiger partial charge in [-0.2, -0.15) is 0 Å². The van der Waals surface area contributed by atoms with Crippen LogP contribution in [0.1, 0.15) is 30.4 Å². The molecule has 1 saturated heterocycles. The van der Waals surface area contributed by atoms with Crippen molar-refractivity contribution < 1.29 is 18.7 Å². The van der Waals surface area contributed by atoms with E-state index in [4.69, 9.17) is 13.9 Å². The van der Waals surface area contributed by atoms with Crippen LogP contribution in [-0.4, -0.2) is 32.3 Å². The van der Waals surface area contributed by atoms with Gasteiger partial charge in [0, 0.05) is 13.7 Å². The Balaban J connectivity index is 1.99. The molecular weight excluding hydrogens is 234 g/mol. The Hall–Kier alpha value is -1.33. The molecule has 1 amide bonds. The fraction of sp³-hybridized carbons (Fsp3) is 0.615. The van der Waals surface area contributed by atoms with Gasteiger partial charge in [0.25, 0.3) is 0 Å². The first kappa shape index (κ1) is 13.1. The molecule has 0 radical (unpaired) electrons. The number of amides is 1. The largest absolute Gasteiger partial charge is 0.464 e. The highest BCUT2D eigenvalue weighted by Gasteiger charge is 2.27. The van der Waals surface area contributed by atoms with Crippen LogP contribution in [0, 0.1) is 6.92 Å². The van der Waals surface area contributed by atoms with Crippen molar-refractivity contribution in [3.8, 4) is 0 Å². The SMILES string of the molecule is COC[C@H](NC(=O)[C@@H]1CCCO1)c1ccc(C)o1. The predicted octanol–water partition coefficient (Wildman–Crippen LogP) is 1.57. The monoisotopic (exact) mass is 253 g/mol. The molecular formula is C13H19NO4. The highest BCUT2D eigenvalue weighted by Crippen LogP contribution is 2.18. The van der Waals surface area contributed by atoms with Gasteiger partial charge in [-0.05, 0) is 31.9 Å². The second-order valence-corrected chi connectivity index (χ2v) is 4.47. The minimum absolute atomic E-state index is 0.0939. The molecule has 0 saturated carbocycles. The van der Waals surface area contributed by atoms with Gasteiger partial charge in [0.05, 0.1) is 6.61 Å². The number of aryl methyl sites for hydroxylation is 1. The third-order valence-corrected chi connectivity index (χ3v) is 2.98. The van der Waals surface area contributed by atoms with Crippen LogP contribution in [0.25, 0.3) is 0 Å². The molecule has 0 bridgehead atoms. The molecule has 0 unspecified atom stereocenters. The second-order valence-electron chi connectivity index (χ2n) is 4.47. The zero-order chi connectivity index (χ0) is 13.0. The van der Waals surface area contributed by atoms with Crippen molar-refractivity contribution in [3.05, 3.63) is 23.7 Å². The van der Waals surface area contributed by atoms with Crippen LogP contribution < -0.4 is 5.32 Å². The topological polar surface area (TPSA) is 60.7 Å². The van der Waals surface area contributed by atoms with E-state index in [1.165, 1.54) is 0 Å². The van der Waals surface area contributed by atoms with Gasteiger partial charge < -0.3 is 19.2 Å². The van der Waals surface area contributed by atoms with Gasteiger partial charge in [0.1, 0.15) is 23.7 Å². The normalized spacial score (nSPS) is 20.9. The molecule has 0 aromatic carbocycles. The molecule has 5 heteroatoms. The van der Waals surface area contributed by atoms with E-state index in [0.29, 0.717) is 19.0 Å². The number of rotatable bonds is 5. The molecule has 1 aliphatic heterocycles. The van der Waals surface area contributed by atoms with Gasteiger partial charge in [0.15, 0.2) is 0 Å². The van der Waals surface area contributed by atoms with Crippen LogP contribution in [0.5, 0.6) is 0 Å². The van der Waals surface area contributed by atoms with Crippen LogP contribution in [0.15, 0.2) is 16.5 Å². The van der Waals surface area contributed by atoms with Crippen molar-refractivity contribution >= 4 is 5.91 Å². The van der Waals surface area contributed by atoms with E-state index in [1.54, 1.807) is 7.11 Å². The van der Waals surface area contributed by atoms with E-state index in [2.05, 4.69) is 5.32 Å². The lowest BCUT2D eigenvalue weighted by Crippen LogP contribution is -2.38. The van der Waals surface area contributed by atoms with Crippen molar-refractivity contribution in [2.75, 3.05) is 20.3 Å². The predicted molar refractivity (Wildman–Crippen MR) is 65.2 cm³/mol. The Morgan fingerprint density at radius 1 is 1.61 bits per heavy atom. The fourth-order valence-corrected chi connectivity index (χ4v) is 2.05. The fourth-order valence-electron chi connectivity index (χ4n) is 2.05. The van der Waals surface area contributed by atoms with E-state index in [9.17, 15) is 4.79 Å². The van der Waals surface area contributed by atoms with E-state index in [-0.39, 0.29) is 18.1 Å². The number of hydrogen-bond donors (Lipinski definition) is 1. The summed E-state index contributed by atoms with van der Waals surface area (Å²) in [7, 11) is 1.60. The average Bonchev–Trinajstić information content (AvgIpc) is 2.98. The Morgan fingerprint density at radius 3 is 3.00 bits per heavy atom. The van der Waals surface area contributed by atoms with Crippen molar-refractivity contribution in [2.24, 2.45) is 0 Å². The summed E-state index contributed by atoms with van der Waals surface area (Å²) in [5.74, 6) is 1.43. The number of ether oxygens (including phenoxy) is 2. The molecule has 2 rings (SSSR count). The minimum Gasteiger partial charge on any atom is -0.464 e. The Bertz CT molecular complexity index is 395. The molecule has 5 nitrogen and oxygen atoms in total. The Morgan fingerprint density at radius 2 is 2.44 bits per heavy atom. The van der Waals surface area contributed by atoms with Gasteiger partial charge in [0.2, 0.25) is 5.91 Å². The van der Waals surface area contributed by atoms with Crippen molar-refractivity contribution in [1.82, 2.24) is 5.32 Å². The lowest BCUT2D eigenvalue weighted by atomic mass is 10.2. The first-order chi connectivity index (χ1) is 8.70. The maximum Gasteiger partial charge on any atom is 0.249 e. The lowest BCUT2D eigenvalue weighted by Gasteiger charge is -2.18. The number of furan rings is 1.